The van der Waals surface area contributed by atoms with Crippen LogP contribution in [0.15, 0.2) is 36.4 Å². The van der Waals surface area contributed by atoms with E-state index in [9.17, 15) is 9.59 Å². The number of hydrogen-bond acceptors (Lipinski definition) is 10. The van der Waals surface area contributed by atoms with E-state index >= 15 is 0 Å². The highest BCUT2D eigenvalue weighted by Gasteiger charge is 2.39. The van der Waals surface area contributed by atoms with Crippen molar-refractivity contribution in [3.05, 3.63) is 58.7 Å². The van der Waals surface area contributed by atoms with Gasteiger partial charge < -0.3 is 36.6 Å². The Balaban J connectivity index is 1.09. The third-order valence-electron chi connectivity index (χ3n) is 12.4. The first-order valence-electron chi connectivity index (χ1n) is 23.6. The van der Waals surface area contributed by atoms with Crippen molar-refractivity contribution < 1.29 is 46.2 Å². The molecule has 0 bridgehead atoms. The maximum atomic E-state index is 12.6. The number of unbranched alkanes of at least 4 members (excludes halogenated alkanes) is 5. The first-order chi connectivity index (χ1) is 29.5. The molecular formula is C50H80O10P2. The molecule has 0 aliphatic carbocycles. The lowest BCUT2D eigenvalue weighted by Gasteiger charge is -2.38. The van der Waals surface area contributed by atoms with Gasteiger partial charge in [-0.2, -0.15) is 0 Å². The molecule has 2 aliphatic rings. The third kappa shape index (κ3) is 16.9. The van der Waals surface area contributed by atoms with Gasteiger partial charge in [0.15, 0.2) is 0 Å². The van der Waals surface area contributed by atoms with Gasteiger partial charge in [-0.1, -0.05) is 119 Å². The quantitative estimate of drug-likeness (QED) is 0.0543. The Kier molecular flexibility index (Phi) is 21.4. The fourth-order valence-corrected chi connectivity index (χ4v) is 10.2. The summed E-state index contributed by atoms with van der Waals surface area (Å²) < 4.78 is 48.3. The minimum atomic E-state index is -1.46. The van der Waals surface area contributed by atoms with Gasteiger partial charge in [0.1, 0.15) is 11.5 Å². The second kappa shape index (κ2) is 25.4. The Labute approximate surface area is 377 Å². The normalized spacial score (nSPS) is 22.0. The summed E-state index contributed by atoms with van der Waals surface area (Å²) >= 11 is 0. The molecule has 2 heterocycles. The predicted molar refractivity (Wildman–Crippen MR) is 251 cm³/mol. The fourth-order valence-electron chi connectivity index (χ4n) is 7.70. The van der Waals surface area contributed by atoms with Crippen molar-refractivity contribution >= 4 is 29.1 Å². The number of carbonyl (C=O) groups is 2. The Morgan fingerprint density at radius 3 is 1.26 bits per heavy atom. The van der Waals surface area contributed by atoms with Gasteiger partial charge in [-0.3, -0.25) is 9.59 Å². The van der Waals surface area contributed by atoms with Crippen LogP contribution in [0.4, 0.5) is 0 Å². The molecule has 0 spiro atoms. The van der Waals surface area contributed by atoms with Gasteiger partial charge in [-0.15, -0.1) is 0 Å². The lowest BCUT2D eigenvalue weighted by molar-refractivity contribution is -0.145. The molecule has 0 saturated carbocycles. The molecule has 0 radical (unpaired) electrons. The van der Waals surface area contributed by atoms with E-state index in [0.717, 1.165) is 98.0 Å². The van der Waals surface area contributed by atoms with Crippen LogP contribution in [0.3, 0.4) is 0 Å². The van der Waals surface area contributed by atoms with Crippen LogP contribution in [0, 0.1) is 10.8 Å². The average molecular weight is 903 g/mol. The number of ether oxygens (including phenoxy) is 2. The fraction of sp³-hybridized carbons (Fsp3) is 0.720. The van der Waals surface area contributed by atoms with Crippen molar-refractivity contribution in [3.8, 4) is 11.5 Å². The predicted octanol–water partition coefficient (Wildman–Crippen LogP) is 14.0. The Hall–Kier alpha value is -2.32. The van der Waals surface area contributed by atoms with Gasteiger partial charge in [0, 0.05) is 34.8 Å². The van der Waals surface area contributed by atoms with Crippen LogP contribution in [-0.4, -0.2) is 51.6 Å². The molecule has 2 aromatic rings. The van der Waals surface area contributed by atoms with Crippen LogP contribution in [-0.2, 0) is 60.8 Å². The maximum absolute atomic E-state index is 12.6. The molecule has 2 saturated heterocycles. The van der Waals surface area contributed by atoms with Crippen LogP contribution in [0.25, 0.3) is 0 Å². The van der Waals surface area contributed by atoms with E-state index in [4.69, 9.17) is 36.6 Å². The molecule has 2 aromatic carbocycles. The van der Waals surface area contributed by atoms with Crippen molar-refractivity contribution in [2.75, 3.05) is 39.6 Å². The molecule has 2 aliphatic heterocycles. The van der Waals surface area contributed by atoms with Crippen molar-refractivity contribution in [2.45, 2.75) is 183 Å². The van der Waals surface area contributed by atoms with Gasteiger partial charge in [0.05, 0.1) is 39.6 Å². The third-order valence-corrected chi connectivity index (χ3v) is 14.4. The summed E-state index contributed by atoms with van der Waals surface area (Å²) in [4.78, 5) is 25.2. The molecule has 0 N–H and O–H groups in total. The summed E-state index contributed by atoms with van der Waals surface area (Å²) in [7, 11) is -2.92. The molecule has 350 valence electrons. The van der Waals surface area contributed by atoms with E-state index < -0.39 is 17.2 Å². The first kappa shape index (κ1) is 52.3. The van der Waals surface area contributed by atoms with Gasteiger partial charge in [0.25, 0.3) is 0 Å². The van der Waals surface area contributed by atoms with E-state index in [1.54, 1.807) is 0 Å². The summed E-state index contributed by atoms with van der Waals surface area (Å²) in [5.41, 5.74) is 4.08. The number of rotatable bonds is 25. The topological polar surface area (TPSA) is 108 Å². The maximum Gasteiger partial charge on any atom is 0.397 e. The number of aryl methyl sites for hydroxylation is 2. The second-order valence-electron chi connectivity index (χ2n) is 19.7. The molecule has 0 aromatic heterocycles. The Morgan fingerprint density at radius 1 is 0.565 bits per heavy atom. The zero-order valence-corrected chi connectivity index (χ0v) is 41.8. The van der Waals surface area contributed by atoms with E-state index in [2.05, 4.69) is 81.4 Å². The molecule has 62 heavy (non-hydrogen) atoms. The molecular weight excluding hydrogens is 822 g/mol. The van der Waals surface area contributed by atoms with Crippen LogP contribution in [0.1, 0.15) is 181 Å². The van der Waals surface area contributed by atoms with E-state index in [1.807, 2.05) is 24.3 Å². The number of esters is 2. The molecule has 0 amide bonds. The SMILES string of the molecule is CCCCC1(CC)COP(Oc2ccc(CCC(=O)OCCCCCCOC(=O)CCc3ccc(OP4OCC(CC)(CCCC)CO4)c(C(C)(C)C)c3)cc2C(C)(C)C)OC1. The number of benzene rings is 2. The van der Waals surface area contributed by atoms with Gasteiger partial charge in [-0.25, -0.2) is 0 Å². The van der Waals surface area contributed by atoms with E-state index in [1.165, 1.54) is 12.8 Å². The van der Waals surface area contributed by atoms with Crippen molar-refractivity contribution in [1.82, 2.24) is 0 Å². The highest BCUT2D eigenvalue weighted by atomic mass is 31.2. The standard InChI is InChI=1S/C50H80O10P2/c1-11-15-29-49(13-3)35-55-61(56-36-49)59-43-25-21-39(33-41(43)47(5,6)7)23-27-45(51)53-31-19-17-18-20-32-54-46(52)28-24-40-22-26-44(42(34-40)48(8,9)10)60-62-57-37-50(14-4,38-58-62)30-16-12-2/h21-22,25-26,33-34H,11-20,23-24,27-32,35-38H2,1-10H3. The molecule has 2 fully saturated rings. The summed E-state index contributed by atoms with van der Waals surface area (Å²) in [6, 6.07) is 12.3. The lowest BCUT2D eigenvalue weighted by Crippen LogP contribution is -2.34. The monoisotopic (exact) mass is 903 g/mol. The average Bonchev–Trinajstić information content (AvgIpc) is 3.25. The Bertz CT molecular complexity index is 1530. The lowest BCUT2D eigenvalue weighted by atomic mass is 9.82. The van der Waals surface area contributed by atoms with Crippen LogP contribution in [0.2, 0.25) is 0 Å². The van der Waals surface area contributed by atoms with Crippen molar-refractivity contribution in [2.24, 2.45) is 10.8 Å². The first-order valence-corrected chi connectivity index (χ1v) is 25.8. The number of hydrogen-bond donors (Lipinski definition) is 0. The summed E-state index contributed by atoms with van der Waals surface area (Å²) in [5, 5.41) is 0. The van der Waals surface area contributed by atoms with Crippen LogP contribution >= 0.6 is 17.2 Å². The second-order valence-corrected chi connectivity index (χ2v) is 21.9. The molecule has 0 unspecified atom stereocenters. The van der Waals surface area contributed by atoms with Gasteiger partial charge in [0.2, 0.25) is 0 Å². The largest absolute Gasteiger partial charge is 0.466 e. The molecule has 10 nitrogen and oxygen atoms in total. The summed E-state index contributed by atoms with van der Waals surface area (Å²) in [5.74, 6) is 1.15. The summed E-state index contributed by atoms with van der Waals surface area (Å²) in [6.45, 7) is 25.3. The summed E-state index contributed by atoms with van der Waals surface area (Å²) in [6.07, 6.45) is 14.1. The molecule has 12 heteroatoms. The van der Waals surface area contributed by atoms with Gasteiger partial charge in [-0.05, 0) is 98.3 Å². The minimum Gasteiger partial charge on any atom is -0.466 e. The highest BCUT2D eigenvalue weighted by Crippen LogP contribution is 2.52. The number of carbonyl (C=O) groups excluding carboxylic acids is 2. The van der Waals surface area contributed by atoms with E-state index in [0.29, 0.717) is 65.3 Å². The zero-order chi connectivity index (χ0) is 45.2. The zero-order valence-electron chi connectivity index (χ0n) is 40.0. The van der Waals surface area contributed by atoms with Crippen LogP contribution in [0.5, 0.6) is 11.5 Å². The van der Waals surface area contributed by atoms with Crippen molar-refractivity contribution in [3.63, 3.8) is 0 Å². The van der Waals surface area contributed by atoms with Gasteiger partial charge >= 0.3 is 29.1 Å². The van der Waals surface area contributed by atoms with Crippen LogP contribution < -0.4 is 9.05 Å². The molecule has 0 atom stereocenters. The molecule has 4 rings (SSSR count). The smallest absolute Gasteiger partial charge is 0.397 e. The Morgan fingerprint density at radius 2 is 0.935 bits per heavy atom. The van der Waals surface area contributed by atoms with Crippen molar-refractivity contribution in [1.29, 1.82) is 0 Å². The van der Waals surface area contributed by atoms with E-state index in [-0.39, 0.29) is 33.6 Å². The highest BCUT2D eigenvalue weighted by molar-refractivity contribution is 7.42. The minimum absolute atomic E-state index is 0.0740.